The molecule has 0 unspecified atom stereocenters. The Kier molecular flexibility index (Phi) is 3.27. The maximum absolute atomic E-state index is 13.3. The predicted octanol–water partition coefficient (Wildman–Crippen LogP) is 3.69. The number of amides is 1. The number of nitrogens with one attached hydrogen (secondary N) is 1. The van der Waals surface area contributed by atoms with Crippen LogP contribution in [0.1, 0.15) is 64.5 Å². The highest BCUT2D eigenvalue weighted by Gasteiger charge is 2.74. The van der Waals surface area contributed by atoms with Gasteiger partial charge in [0.15, 0.2) is 5.82 Å². The smallest absolute Gasteiger partial charge is 0.410 e. The highest BCUT2D eigenvalue weighted by atomic mass is 19.4. The summed E-state index contributed by atoms with van der Waals surface area (Å²) >= 11 is 0. The third-order valence-electron chi connectivity index (χ3n) is 7.18. The number of hydrogen-bond donors (Lipinski definition) is 1. The normalized spacial score (nSPS) is 33.6. The Labute approximate surface area is 161 Å². The molecule has 9 heteroatoms. The molecule has 1 amide bonds. The van der Waals surface area contributed by atoms with E-state index in [2.05, 4.69) is 15.2 Å². The van der Waals surface area contributed by atoms with E-state index in [0.717, 1.165) is 19.3 Å². The van der Waals surface area contributed by atoms with Gasteiger partial charge in [0.25, 0.3) is 0 Å². The Morgan fingerprint density at radius 2 is 1.79 bits per heavy atom. The second-order valence-corrected chi connectivity index (χ2v) is 10.3. The molecule has 6 nitrogen and oxygen atoms in total. The monoisotopic (exact) mass is 398 g/mol. The van der Waals surface area contributed by atoms with E-state index < -0.39 is 17.2 Å². The zero-order valence-corrected chi connectivity index (χ0v) is 16.3. The summed E-state index contributed by atoms with van der Waals surface area (Å²) in [4.78, 5) is 18.1. The van der Waals surface area contributed by atoms with Crippen LogP contribution in [0.2, 0.25) is 0 Å². The summed E-state index contributed by atoms with van der Waals surface area (Å²) in [6, 6.07) is 0. The van der Waals surface area contributed by atoms with Crippen molar-refractivity contribution in [3.8, 4) is 0 Å². The summed E-state index contributed by atoms with van der Waals surface area (Å²) in [7, 11) is 0. The number of hydrogen-bond acceptors (Lipinski definition) is 4. The first kappa shape index (κ1) is 18.2. The number of alkyl halides is 3. The summed E-state index contributed by atoms with van der Waals surface area (Å²) in [5.41, 5.74) is -2.27. The van der Waals surface area contributed by atoms with Gasteiger partial charge in [-0.05, 0) is 58.3 Å². The first-order chi connectivity index (χ1) is 12.9. The summed E-state index contributed by atoms with van der Waals surface area (Å²) < 4.78 is 45.3. The maximum Gasteiger partial charge on any atom is 0.410 e. The van der Waals surface area contributed by atoms with Crippen molar-refractivity contribution in [2.24, 2.45) is 11.3 Å². The lowest BCUT2D eigenvalue weighted by Crippen LogP contribution is -2.73. The Morgan fingerprint density at radius 3 is 2.29 bits per heavy atom. The van der Waals surface area contributed by atoms with Crippen molar-refractivity contribution >= 4 is 6.09 Å². The first-order valence-corrected chi connectivity index (χ1v) is 9.86. The molecule has 154 valence electrons. The number of halogens is 3. The van der Waals surface area contributed by atoms with Gasteiger partial charge >= 0.3 is 12.3 Å². The molecule has 2 bridgehead atoms. The van der Waals surface area contributed by atoms with E-state index >= 15 is 0 Å². The van der Waals surface area contributed by atoms with Crippen LogP contribution in [0.4, 0.5) is 18.0 Å². The largest absolute Gasteiger partial charge is 0.444 e. The number of aromatic nitrogens is 3. The summed E-state index contributed by atoms with van der Waals surface area (Å²) in [6.07, 6.45) is -1.66. The SMILES string of the molecule is CC(C)(C)OC(=O)N1CC(C23CC(c4n[nH]c(C5(C(F)(F)F)CC5)n4)(C2)C3)C1. The lowest BCUT2D eigenvalue weighted by atomic mass is 9.31. The molecular formula is C19H25F3N4O2. The van der Waals surface area contributed by atoms with Crippen molar-refractivity contribution in [1.82, 2.24) is 20.1 Å². The molecule has 1 N–H and O–H groups in total. The van der Waals surface area contributed by atoms with Crippen LogP contribution in [-0.2, 0) is 15.6 Å². The van der Waals surface area contributed by atoms with Crippen LogP contribution in [0.5, 0.6) is 0 Å². The number of rotatable bonds is 3. The van der Waals surface area contributed by atoms with Crippen LogP contribution in [0.3, 0.4) is 0 Å². The molecule has 0 atom stereocenters. The fourth-order valence-electron chi connectivity index (χ4n) is 5.37. The molecule has 0 aromatic carbocycles. The fraction of sp³-hybridized carbons (Fsp3) is 0.842. The highest BCUT2D eigenvalue weighted by molar-refractivity contribution is 5.69. The number of ether oxygens (including phenoxy) is 1. The van der Waals surface area contributed by atoms with Crippen molar-refractivity contribution in [1.29, 1.82) is 0 Å². The number of likely N-dealkylation sites (tertiary alicyclic amines) is 1. The zero-order chi connectivity index (χ0) is 20.2. The molecule has 1 aromatic heterocycles. The first-order valence-electron chi connectivity index (χ1n) is 9.86. The minimum Gasteiger partial charge on any atom is -0.444 e. The standard InChI is InChI=1S/C19H25F3N4O2/c1-15(2,3)28-14(27)26-6-11(7-26)16-8-17(9-16,10-16)12-23-13(25-24-12)18(4-5-18)19(20,21)22/h11H,4-10H2,1-3H3,(H,23,24,25). The van der Waals surface area contributed by atoms with Crippen molar-refractivity contribution in [3.05, 3.63) is 11.6 Å². The van der Waals surface area contributed by atoms with Gasteiger partial charge in [0.1, 0.15) is 16.8 Å². The van der Waals surface area contributed by atoms with E-state index in [4.69, 9.17) is 4.74 Å². The maximum atomic E-state index is 13.3. The average Bonchev–Trinajstić information content (AvgIpc) is 3.09. The summed E-state index contributed by atoms with van der Waals surface area (Å²) in [5, 5.41) is 6.74. The molecule has 6 rings (SSSR count). The summed E-state index contributed by atoms with van der Waals surface area (Å²) in [5.74, 6) is 0.960. The number of carbonyl (C=O) groups excluding carboxylic acids is 1. The van der Waals surface area contributed by atoms with Gasteiger partial charge in [-0.25, -0.2) is 9.78 Å². The molecule has 5 fully saturated rings. The molecule has 2 heterocycles. The van der Waals surface area contributed by atoms with Gasteiger partial charge in [-0.3, -0.25) is 5.10 Å². The zero-order valence-electron chi connectivity index (χ0n) is 16.3. The Morgan fingerprint density at radius 1 is 1.18 bits per heavy atom. The number of carbonyl (C=O) groups is 1. The van der Waals surface area contributed by atoms with E-state index in [0.29, 0.717) is 24.8 Å². The van der Waals surface area contributed by atoms with E-state index in [9.17, 15) is 18.0 Å². The fourth-order valence-corrected chi connectivity index (χ4v) is 5.37. The van der Waals surface area contributed by atoms with Crippen molar-refractivity contribution in [2.75, 3.05) is 13.1 Å². The van der Waals surface area contributed by atoms with Crippen LogP contribution in [0, 0.1) is 11.3 Å². The molecule has 1 aliphatic heterocycles. The third kappa shape index (κ3) is 2.37. The van der Waals surface area contributed by atoms with Gasteiger partial charge in [-0.15, -0.1) is 0 Å². The molecule has 28 heavy (non-hydrogen) atoms. The van der Waals surface area contributed by atoms with Gasteiger partial charge in [-0.2, -0.15) is 18.3 Å². The van der Waals surface area contributed by atoms with E-state index in [1.54, 1.807) is 4.90 Å². The van der Waals surface area contributed by atoms with Crippen molar-refractivity contribution < 1.29 is 22.7 Å². The lowest BCUT2D eigenvalue weighted by molar-refractivity contribution is -0.212. The molecule has 4 aliphatic carbocycles. The lowest BCUT2D eigenvalue weighted by Gasteiger charge is -2.74. The highest BCUT2D eigenvalue weighted by Crippen LogP contribution is 2.77. The minimum absolute atomic E-state index is 0.0199. The van der Waals surface area contributed by atoms with Crippen molar-refractivity contribution in [3.63, 3.8) is 0 Å². The number of H-pyrrole nitrogens is 1. The molecule has 4 saturated carbocycles. The van der Waals surface area contributed by atoms with Crippen molar-refractivity contribution in [2.45, 2.75) is 75.5 Å². The Bertz CT molecular complexity index is 811. The van der Waals surface area contributed by atoms with E-state index in [1.165, 1.54) is 0 Å². The van der Waals surface area contributed by atoms with Crippen LogP contribution in [0.15, 0.2) is 0 Å². The van der Waals surface area contributed by atoms with E-state index in [1.807, 2.05) is 20.8 Å². The van der Waals surface area contributed by atoms with Gasteiger partial charge in [0.05, 0.1) is 0 Å². The van der Waals surface area contributed by atoms with Crippen LogP contribution < -0.4 is 0 Å². The summed E-state index contributed by atoms with van der Waals surface area (Å²) in [6.45, 7) is 6.94. The van der Waals surface area contributed by atoms with E-state index in [-0.39, 0.29) is 35.6 Å². The van der Waals surface area contributed by atoms with Gasteiger partial charge in [0, 0.05) is 24.4 Å². The quantitative estimate of drug-likeness (QED) is 0.843. The second kappa shape index (κ2) is 5.02. The molecule has 0 spiro atoms. The topological polar surface area (TPSA) is 71.1 Å². The van der Waals surface area contributed by atoms with Crippen LogP contribution >= 0.6 is 0 Å². The minimum atomic E-state index is -4.28. The Hall–Kier alpha value is -1.80. The molecule has 1 aromatic rings. The van der Waals surface area contributed by atoms with Gasteiger partial charge < -0.3 is 9.64 Å². The number of nitrogens with zero attached hydrogens (tertiary/aromatic N) is 3. The van der Waals surface area contributed by atoms with Gasteiger partial charge in [-0.1, -0.05) is 0 Å². The van der Waals surface area contributed by atoms with Gasteiger partial charge in [0.2, 0.25) is 0 Å². The predicted molar refractivity (Wildman–Crippen MR) is 92.6 cm³/mol. The number of aromatic amines is 1. The second-order valence-electron chi connectivity index (χ2n) is 10.3. The molecule has 1 saturated heterocycles. The average molecular weight is 398 g/mol. The molecular weight excluding hydrogens is 373 g/mol. The Balaban J connectivity index is 1.19. The van der Waals surface area contributed by atoms with Crippen LogP contribution in [-0.4, -0.2) is 51.0 Å². The molecule has 0 radical (unpaired) electrons. The molecule has 5 aliphatic rings. The third-order valence-corrected chi connectivity index (χ3v) is 7.18. The van der Waals surface area contributed by atoms with Crippen LogP contribution in [0.25, 0.3) is 0 Å².